The molecule has 18 heavy (non-hydrogen) atoms. The minimum absolute atomic E-state index is 0.0112. The highest BCUT2D eigenvalue weighted by molar-refractivity contribution is 6.67. The van der Waals surface area contributed by atoms with Crippen LogP contribution in [-0.2, 0) is 9.59 Å². The van der Waals surface area contributed by atoms with E-state index in [4.69, 9.17) is 0 Å². The SMILES string of the molecule is CC(=O)C1=NN(c2ccc3[nH]cnc3c2)CC1=O. The first-order valence-electron chi connectivity index (χ1n) is 5.48. The number of carbonyl (C=O) groups excluding carboxylic acids is 2. The third-order valence-corrected chi connectivity index (χ3v) is 2.81. The molecule has 0 atom stereocenters. The molecule has 0 fully saturated rings. The van der Waals surface area contributed by atoms with Gasteiger partial charge in [0.25, 0.3) is 0 Å². The van der Waals surface area contributed by atoms with E-state index in [1.165, 1.54) is 11.9 Å². The zero-order chi connectivity index (χ0) is 12.7. The number of hydrazone groups is 1. The molecule has 0 unspecified atom stereocenters. The van der Waals surface area contributed by atoms with E-state index in [9.17, 15) is 9.59 Å². The van der Waals surface area contributed by atoms with Crippen LogP contribution in [0.4, 0.5) is 5.69 Å². The van der Waals surface area contributed by atoms with Gasteiger partial charge in [-0.3, -0.25) is 14.6 Å². The van der Waals surface area contributed by atoms with E-state index in [1.807, 2.05) is 18.2 Å². The normalized spacial score (nSPS) is 15.3. The van der Waals surface area contributed by atoms with E-state index < -0.39 is 0 Å². The Labute approximate surface area is 102 Å². The number of anilines is 1. The molecule has 0 bridgehead atoms. The van der Waals surface area contributed by atoms with Crippen LogP contribution in [0.3, 0.4) is 0 Å². The Morgan fingerprint density at radius 3 is 3.00 bits per heavy atom. The molecule has 2 aromatic rings. The summed E-state index contributed by atoms with van der Waals surface area (Å²) >= 11 is 0. The Bertz CT molecular complexity index is 686. The lowest BCUT2D eigenvalue weighted by Gasteiger charge is -2.11. The predicted molar refractivity (Wildman–Crippen MR) is 66.6 cm³/mol. The molecule has 0 spiro atoms. The number of imidazole rings is 1. The summed E-state index contributed by atoms with van der Waals surface area (Å²) in [7, 11) is 0. The molecule has 6 heteroatoms. The fraction of sp³-hybridized carbons (Fsp3) is 0.167. The quantitative estimate of drug-likeness (QED) is 0.848. The maximum Gasteiger partial charge on any atom is 0.208 e. The lowest BCUT2D eigenvalue weighted by Crippen LogP contribution is -2.21. The number of ketones is 2. The van der Waals surface area contributed by atoms with Gasteiger partial charge < -0.3 is 4.98 Å². The molecular formula is C12H10N4O2. The summed E-state index contributed by atoms with van der Waals surface area (Å²) in [5, 5.41) is 5.56. The number of aromatic nitrogens is 2. The van der Waals surface area contributed by atoms with Crippen molar-refractivity contribution in [2.75, 3.05) is 11.6 Å². The van der Waals surface area contributed by atoms with Gasteiger partial charge in [0.05, 0.1) is 23.0 Å². The van der Waals surface area contributed by atoms with Crippen LogP contribution in [0.25, 0.3) is 11.0 Å². The van der Waals surface area contributed by atoms with Crippen molar-refractivity contribution in [3.05, 3.63) is 24.5 Å². The monoisotopic (exact) mass is 242 g/mol. The molecule has 0 amide bonds. The summed E-state index contributed by atoms with van der Waals surface area (Å²) in [6.45, 7) is 1.45. The lowest BCUT2D eigenvalue weighted by molar-refractivity contribution is -0.114. The van der Waals surface area contributed by atoms with E-state index in [1.54, 1.807) is 6.33 Å². The van der Waals surface area contributed by atoms with Crippen LogP contribution in [0.15, 0.2) is 29.6 Å². The van der Waals surface area contributed by atoms with Crippen molar-refractivity contribution in [1.29, 1.82) is 0 Å². The van der Waals surface area contributed by atoms with Gasteiger partial charge in [-0.1, -0.05) is 0 Å². The molecule has 0 aliphatic carbocycles. The van der Waals surface area contributed by atoms with E-state index >= 15 is 0 Å². The second-order valence-corrected chi connectivity index (χ2v) is 4.09. The van der Waals surface area contributed by atoms with Gasteiger partial charge in [0.2, 0.25) is 5.78 Å². The molecule has 3 rings (SSSR count). The number of benzene rings is 1. The Balaban J connectivity index is 2.00. The van der Waals surface area contributed by atoms with Crippen LogP contribution in [0.1, 0.15) is 6.92 Å². The molecular weight excluding hydrogens is 232 g/mol. The van der Waals surface area contributed by atoms with Crippen LogP contribution in [-0.4, -0.2) is 33.8 Å². The second-order valence-electron chi connectivity index (χ2n) is 4.09. The standard InChI is InChI=1S/C12H10N4O2/c1-7(17)12-11(18)5-16(15-12)8-2-3-9-10(4-8)14-6-13-9/h2-4,6H,5H2,1H3,(H,13,14). The summed E-state index contributed by atoms with van der Waals surface area (Å²) < 4.78 is 0. The largest absolute Gasteiger partial charge is 0.345 e. The third kappa shape index (κ3) is 1.58. The molecule has 2 heterocycles. The average molecular weight is 242 g/mol. The van der Waals surface area contributed by atoms with Gasteiger partial charge in [0, 0.05) is 6.92 Å². The summed E-state index contributed by atoms with van der Waals surface area (Å²) in [5.41, 5.74) is 2.47. The van der Waals surface area contributed by atoms with Crippen molar-refractivity contribution >= 4 is 34.0 Å². The van der Waals surface area contributed by atoms with E-state index in [-0.39, 0.29) is 23.8 Å². The number of Topliss-reactive ketones (excluding diaryl/α,β-unsaturated/α-hetero) is 2. The van der Waals surface area contributed by atoms with Gasteiger partial charge in [0.15, 0.2) is 11.5 Å². The highest BCUT2D eigenvalue weighted by Gasteiger charge is 2.27. The number of nitrogens with one attached hydrogen (secondary N) is 1. The average Bonchev–Trinajstić information content (AvgIpc) is 2.93. The van der Waals surface area contributed by atoms with Gasteiger partial charge in [-0.2, -0.15) is 5.10 Å². The minimum Gasteiger partial charge on any atom is -0.345 e. The molecule has 1 aromatic heterocycles. The molecule has 0 radical (unpaired) electrons. The maximum absolute atomic E-state index is 11.6. The van der Waals surface area contributed by atoms with E-state index in [0.717, 1.165) is 16.7 Å². The van der Waals surface area contributed by atoms with Gasteiger partial charge >= 0.3 is 0 Å². The van der Waals surface area contributed by atoms with Crippen molar-refractivity contribution in [2.45, 2.75) is 6.92 Å². The fourth-order valence-corrected chi connectivity index (χ4v) is 1.92. The number of rotatable bonds is 2. The maximum atomic E-state index is 11.6. The molecule has 1 aromatic carbocycles. The number of hydrogen-bond acceptors (Lipinski definition) is 5. The number of fused-ring (bicyclic) bond motifs is 1. The lowest BCUT2D eigenvalue weighted by atomic mass is 10.2. The third-order valence-electron chi connectivity index (χ3n) is 2.81. The van der Waals surface area contributed by atoms with E-state index in [0.29, 0.717) is 0 Å². The van der Waals surface area contributed by atoms with Crippen LogP contribution < -0.4 is 5.01 Å². The fourth-order valence-electron chi connectivity index (χ4n) is 1.92. The Morgan fingerprint density at radius 1 is 1.44 bits per heavy atom. The van der Waals surface area contributed by atoms with Crippen molar-refractivity contribution in [3.8, 4) is 0 Å². The van der Waals surface area contributed by atoms with Crippen LogP contribution in [0.5, 0.6) is 0 Å². The second kappa shape index (κ2) is 3.76. The molecule has 90 valence electrons. The zero-order valence-electron chi connectivity index (χ0n) is 9.67. The van der Waals surface area contributed by atoms with Crippen molar-refractivity contribution < 1.29 is 9.59 Å². The molecule has 6 nitrogen and oxygen atoms in total. The molecule has 0 saturated heterocycles. The number of H-pyrrole nitrogens is 1. The smallest absolute Gasteiger partial charge is 0.208 e. The first-order valence-corrected chi connectivity index (χ1v) is 5.48. The van der Waals surface area contributed by atoms with Gasteiger partial charge in [-0.25, -0.2) is 4.98 Å². The summed E-state index contributed by atoms with van der Waals surface area (Å²) in [6.07, 6.45) is 1.61. The molecule has 1 N–H and O–H groups in total. The Kier molecular flexibility index (Phi) is 2.22. The molecule has 1 aliphatic heterocycles. The van der Waals surface area contributed by atoms with Crippen molar-refractivity contribution in [1.82, 2.24) is 9.97 Å². The number of aromatic amines is 1. The van der Waals surface area contributed by atoms with Gasteiger partial charge in [-0.05, 0) is 18.2 Å². The van der Waals surface area contributed by atoms with E-state index in [2.05, 4.69) is 15.1 Å². The summed E-state index contributed by atoms with van der Waals surface area (Å²) in [4.78, 5) is 29.9. The highest BCUT2D eigenvalue weighted by Crippen LogP contribution is 2.22. The summed E-state index contributed by atoms with van der Waals surface area (Å²) in [5.74, 6) is -0.548. The Hall–Kier alpha value is -2.50. The predicted octanol–water partition coefficient (Wildman–Crippen LogP) is 0.897. The van der Waals surface area contributed by atoms with Crippen molar-refractivity contribution in [2.24, 2.45) is 5.10 Å². The first kappa shape index (κ1) is 10.6. The molecule has 0 saturated carbocycles. The zero-order valence-corrected chi connectivity index (χ0v) is 9.67. The van der Waals surface area contributed by atoms with Gasteiger partial charge in [-0.15, -0.1) is 0 Å². The summed E-state index contributed by atoms with van der Waals surface area (Å²) in [6, 6.07) is 5.52. The number of hydrogen-bond donors (Lipinski definition) is 1. The molecule has 1 aliphatic rings. The minimum atomic E-state index is -0.302. The number of nitrogens with zero attached hydrogens (tertiary/aromatic N) is 3. The Morgan fingerprint density at radius 2 is 2.28 bits per heavy atom. The highest BCUT2D eigenvalue weighted by atomic mass is 16.2. The van der Waals surface area contributed by atoms with Crippen LogP contribution in [0.2, 0.25) is 0 Å². The van der Waals surface area contributed by atoms with Gasteiger partial charge in [0.1, 0.15) is 6.54 Å². The van der Waals surface area contributed by atoms with Crippen molar-refractivity contribution in [3.63, 3.8) is 0 Å². The van der Waals surface area contributed by atoms with Crippen LogP contribution >= 0.6 is 0 Å². The van der Waals surface area contributed by atoms with Crippen LogP contribution in [0, 0.1) is 0 Å². The first-order chi connectivity index (χ1) is 8.65. The number of carbonyl (C=O) groups is 2. The topological polar surface area (TPSA) is 78.4 Å².